The first kappa shape index (κ1) is 51.6. The molecule has 0 bridgehead atoms. The van der Waals surface area contributed by atoms with Gasteiger partial charge in [-0.3, -0.25) is 0 Å². The number of benzene rings is 6. The average molecular weight is 971 g/mol. The van der Waals surface area contributed by atoms with Crippen molar-refractivity contribution in [2.45, 2.75) is 114 Å². The van der Waals surface area contributed by atoms with E-state index in [2.05, 4.69) is 49.4 Å². The molecule has 0 radical (unpaired) electrons. The molecule has 2 saturated heterocycles. The van der Waals surface area contributed by atoms with Gasteiger partial charge in [-0.1, -0.05) is 183 Å². The molecule has 0 spiro atoms. The van der Waals surface area contributed by atoms with Crippen LogP contribution in [0.3, 0.4) is 0 Å². The summed E-state index contributed by atoms with van der Waals surface area (Å²) in [6, 6.07) is 58.3. The van der Waals surface area contributed by atoms with E-state index in [1.165, 1.54) is 0 Å². The van der Waals surface area contributed by atoms with Gasteiger partial charge in [-0.25, -0.2) is 0 Å². The lowest BCUT2D eigenvalue weighted by atomic mass is 9.98. The molecule has 0 aliphatic carbocycles. The van der Waals surface area contributed by atoms with E-state index < -0.39 is 55.1 Å². The zero-order valence-corrected chi connectivity index (χ0v) is 40.8. The Hall–Kier alpha value is -4.77. The average Bonchev–Trinajstić information content (AvgIpc) is 3.41. The molecular formula is C58H66O11S. The maximum absolute atomic E-state index is 11.8. The van der Waals surface area contributed by atoms with Gasteiger partial charge in [0.05, 0.1) is 59.5 Å². The fourth-order valence-electron chi connectivity index (χ4n) is 8.69. The lowest BCUT2D eigenvalue weighted by Gasteiger charge is -2.46. The predicted molar refractivity (Wildman–Crippen MR) is 269 cm³/mol. The summed E-state index contributed by atoms with van der Waals surface area (Å²) in [5, 5.41) is 11.8. The van der Waals surface area contributed by atoms with E-state index in [-0.39, 0.29) is 31.9 Å². The van der Waals surface area contributed by atoms with E-state index in [4.69, 9.17) is 47.4 Å². The molecule has 0 amide bonds. The summed E-state index contributed by atoms with van der Waals surface area (Å²) in [5.41, 5.74) is 6.73. The second-order valence-electron chi connectivity index (χ2n) is 17.4. The van der Waals surface area contributed by atoms with Crippen LogP contribution in [-0.2, 0) is 93.6 Å². The monoisotopic (exact) mass is 970 g/mol. The SMILES string of the molecule is CCSC1O[C@H](COCc2cccc(COC[C@H]3O[C@H](OC)[C@H](OCc4ccccc4)[C@@H](OCc4ccccc4)[C@@H]3O)c2)[C@@H](OCc2ccccc2)[C@H](OCc2ccccc2)[C@H]1OCc1ccccc1. The van der Waals surface area contributed by atoms with E-state index >= 15 is 0 Å². The van der Waals surface area contributed by atoms with E-state index in [0.717, 1.165) is 44.7 Å². The first-order valence-electron chi connectivity index (χ1n) is 24.2. The van der Waals surface area contributed by atoms with Gasteiger partial charge in [0, 0.05) is 7.11 Å². The van der Waals surface area contributed by atoms with Gasteiger partial charge in [-0.05, 0) is 44.7 Å². The molecule has 10 atom stereocenters. The van der Waals surface area contributed by atoms with Crippen LogP contribution in [0.4, 0.5) is 0 Å². The number of hydrogen-bond acceptors (Lipinski definition) is 12. The van der Waals surface area contributed by atoms with Crippen LogP contribution in [0.5, 0.6) is 0 Å². The fraction of sp³-hybridized carbons (Fsp3) is 0.379. The molecule has 2 aliphatic rings. The Kier molecular flexibility index (Phi) is 20.4. The van der Waals surface area contributed by atoms with Gasteiger partial charge in [0.2, 0.25) is 0 Å². The van der Waals surface area contributed by atoms with Crippen molar-refractivity contribution in [3.05, 3.63) is 215 Å². The van der Waals surface area contributed by atoms with Crippen molar-refractivity contribution < 1.29 is 52.5 Å². The van der Waals surface area contributed by atoms with Crippen molar-refractivity contribution >= 4 is 11.8 Å². The summed E-state index contributed by atoms with van der Waals surface area (Å²) >= 11 is 1.70. The van der Waals surface area contributed by atoms with Gasteiger partial charge < -0.3 is 52.5 Å². The number of ether oxygens (including phenoxy) is 10. The van der Waals surface area contributed by atoms with Crippen LogP contribution >= 0.6 is 11.8 Å². The molecule has 0 saturated carbocycles. The highest BCUT2D eigenvalue weighted by Crippen LogP contribution is 2.36. The lowest BCUT2D eigenvalue weighted by Crippen LogP contribution is -2.60. The Labute approximate surface area is 417 Å². The topological polar surface area (TPSA) is 113 Å². The molecule has 11 nitrogen and oxygen atoms in total. The normalized spacial score (nSPS) is 24.6. The Morgan fingerprint density at radius 3 is 1.24 bits per heavy atom. The molecule has 1 N–H and O–H groups in total. The van der Waals surface area contributed by atoms with Crippen molar-refractivity contribution in [1.29, 1.82) is 0 Å². The summed E-state index contributed by atoms with van der Waals surface area (Å²) in [6.07, 6.45) is -5.90. The van der Waals surface area contributed by atoms with Crippen molar-refractivity contribution in [3.63, 3.8) is 0 Å². The summed E-state index contributed by atoms with van der Waals surface area (Å²) in [7, 11) is 1.57. The number of rotatable bonds is 26. The van der Waals surface area contributed by atoms with Crippen molar-refractivity contribution in [2.24, 2.45) is 0 Å². The molecule has 2 heterocycles. The van der Waals surface area contributed by atoms with Crippen molar-refractivity contribution in [3.8, 4) is 0 Å². The molecule has 370 valence electrons. The van der Waals surface area contributed by atoms with Crippen LogP contribution in [0.25, 0.3) is 0 Å². The minimum atomic E-state index is -1.05. The minimum Gasteiger partial charge on any atom is -0.387 e. The number of aliphatic hydroxyl groups excluding tert-OH is 1. The third kappa shape index (κ3) is 15.1. The quantitative estimate of drug-likeness (QED) is 0.0559. The molecule has 2 aliphatic heterocycles. The number of hydrogen-bond donors (Lipinski definition) is 1. The molecule has 0 aromatic heterocycles. The highest BCUT2D eigenvalue weighted by molar-refractivity contribution is 7.99. The Balaban J connectivity index is 0.916. The molecular weight excluding hydrogens is 905 g/mol. The second kappa shape index (κ2) is 27.7. The van der Waals surface area contributed by atoms with E-state index in [1.807, 2.05) is 133 Å². The van der Waals surface area contributed by atoms with E-state index in [9.17, 15) is 5.11 Å². The van der Waals surface area contributed by atoms with Gasteiger partial charge in [-0.15, -0.1) is 11.8 Å². The van der Waals surface area contributed by atoms with Crippen molar-refractivity contribution in [2.75, 3.05) is 26.1 Å². The number of methoxy groups -OCH3 is 1. The fourth-order valence-corrected chi connectivity index (χ4v) is 9.67. The molecule has 2 fully saturated rings. The standard InChI is InChI=1S/C58H66O11S/c1-3-70-58-56(67-39-46-28-17-8-18-29-46)54(65-37-44-24-13-6-14-25-44)52(63-35-42-20-9-4-10-21-42)50(69-58)41-62-34-48-31-19-30-47(32-48)33-61-40-49-51(59)53(64-36-43-22-11-5-12-23-43)55(57(60-2)68-49)66-38-45-26-15-7-16-27-45/h4-32,49-59H,3,33-41H2,1-2H3/t49-,50-,51-,52-,53+,54+,55-,56-,57+,58?/m1/s1. The number of aliphatic hydroxyl groups is 1. The smallest absolute Gasteiger partial charge is 0.186 e. The van der Waals surface area contributed by atoms with Crippen LogP contribution in [0, 0.1) is 0 Å². The predicted octanol–water partition coefficient (Wildman–Crippen LogP) is 9.86. The van der Waals surface area contributed by atoms with E-state index in [0.29, 0.717) is 33.0 Å². The Bertz CT molecular complexity index is 2350. The largest absolute Gasteiger partial charge is 0.387 e. The molecule has 12 heteroatoms. The summed E-state index contributed by atoms with van der Waals surface area (Å²) < 4.78 is 65.0. The van der Waals surface area contributed by atoms with Crippen LogP contribution in [0.1, 0.15) is 45.9 Å². The molecule has 6 aromatic carbocycles. The van der Waals surface area contributed by atoms with Crippen LogP contribution < -0.4 is 0 Å². The zero-order valence-electron chi connectivity index (χ0n) is 40.0. The van der Waals surface area contributed by atoms with Crippen LogP contribution in [-0.4, -0.2) is 91.7 Å². The van der Waals surface area contributed by atoms with Gasteiger partial charge >= 0.3 is 0 Å². The molecule has 8 rings (SSSR count). The molecule has 1 unspecified atom stereocenters. The third-order valence-corrected chi connectivity index (χ3v) is 13.3. The molecule has 6 aromatic rings. The van der Waals surface area contributed by atoms with Gasteiger partial charge in [-0.2, -0.15) is 0 Å². The number of thioether (sulfide) groups is 1. The summed E-state index contributed by atoms with van der Waals surface area (Å²) in [6.45, 7) is 4.85. The minimum absolute atomic E-state index is 0.0995. The maximum Gasteiger partial charge on any atom is 0.186 e. The lowest BCUT2D eigenvalue weighted by molar-refractivity contribution is -0.315. The van der Waals surface area contributed by atoms with Gasteiger partial charge in [0.15, 0.2) is 6.29 Å². The second-order valence-corrected chi connectivity index (χ2v) is 18.8. The highest BCUT2D eigenvalue weighted by Gasteiger charge is 2.49. The van der Waals surface area contributed by atoms with Crippen LogP contribution in [0.15, 0.2) is 176 Å². The third-order valence-electron chi connectivity index (χ3n) is 12.3. The summed E-state index contributed by atoms with van der Waals surface area (Å²) in [4.78, 5) is 0. The van der Waals surface area contributed by atoms with E-state index in [1.54, 1.807) is 18.9 Å². The first-order chi connectivity index (χ1) is 34.5. The maximum atomic E-state index is 11.8. The van der Waals surface area contributed by atoms with Gasteiger partial charge in [0.1, 0.15) is 54.3 Å². The van der Waals surface area contributed by atoms with Gasteiger partial charge in [0.25, 0.3) is 0 Å². The zero-order chi connectivity index (χ0) is 48.2. The Morgan fingerprint density at radius 2 is 0.800 bits per heavy atom. The van der Waals surface area contributed by atoms with Crippen LogP contribution in [0.2, 0.25) is 0 Å². The summed E-state index contributed by atoms with van der Waals surface area (Å²) in [5.74, 6) is 0.824. The molecule has 70 heavy (non-hydrogen) atoms. The highest BCUT2D eigenvalue weighted by atomic mass is 32.2. The first-order valence-corrected chi connectivity index (χ1v) is 25.2. The Morgan fingerprint density at radius 1 is 0.414 bits per heavy atom. The van der Waals surface area contributed by atoms with Crippen molar-refractivity contribution in [1.82, 2.24) is 0 Å².